The molecule has 2 aliphatic heterocycles. The topological polar surface area (TPSA) is 56.7 Å². The molecule has 1 N–H and O–H groups in total. The molecule has 0 amide bonds. The Morgan fingerprint density at radius 3 is 2.69 bits per heavy atom. The molecule has 1 saturated carbocycles. The van der Waals surface area contributed by atoms with Crippen molar-refractivity contribution in [2.45, 2.75) is 38.3 Å². The number of aliphatic carboxylic acids is 1. The Kier molecular flexibility index (Phi) is 4.50. The smallest absolute Gasteiger partial charge is 0.306 e. The molecule has 3 heterocycles. The maximum absolute atomic E-state index is 13.6. The Morgan fingerprint density at radius 1 is 1.16 bits per heavy atom. The Bertz CT molecular complexity index is 1210. The standard InChI is InChI=1S/C25H24FN3O2S/c26-18-2-4-19(5-3-18)28-13-20-12-25(9-7-16(8-10-25)24(30)31)14-29(20)23(28)17-1-6-21-22(11-17)32-15-27-21/h1-6,11,13,15-16,23H,7-10,12,14H2,(H,30,31). The van der Waals surface area contributed by atoms with Gasteiger partial charge in [-0.15, -0.1) is 11.3 Å². The second-order valence-electron chi connectivity index (χ2n) is 9.37. The number of thiazole rings is 1. The van der Waals surface area contributed by atoms with Crippen LogP contribution in [-0.2, 0) is 4.79 Å². The minimum Gasteiger partial charge on any atom is -0.481 e. The highest BCUT2D eigenvalue weighted by molar-refractivity contribution is 7.16. The number of fused-ring (bicyclic) bond motifs is 2. The highest BCUT2D eigenvalue weighted by Gasteiger charge is 2.49. The van der Waals surface area contributed by atoms with E-state index in [4.69, 9.17) is 0 Å². The number of allylic oxidation sites excluding steroid dienone is 1. The molecule has 32 heavy (non-hydrogen) atoms. The van der Waals surface area contributed by atoms with Crippen LogP contribution in [0.5, 0.6) is 0 Å². The van der Waals surface area contributed by atoms with Crippen LogP contribution in [0.4, 0.5) is 10.1 Å². The number of nitrogens with zero attached hydrogens (tertiary/aromatic N) is 3. The number of halogens is 1. The van der Waals surface area contributed by atoms with Gasteiger partial charge in [-0.25, -0.2) is 9.37 Å². The predicted molar refractivity (Wildman–Crippen MR) is 123 cm³/mol. The number of hydrogen-bond acceptors (Lipinski definition) is 5. The molecule has 7 heteroatoms. The molecule has 1 spiro atoms. The van der Waals surface area contributed by atoms with Gasteiger partial charge in [0.2, 0.25) is 0 Å². The summed E-state index contributed by atoms with van der Waals surface area (Å²) in [6, 6.07) is 13.1. The van der Waals surface area contributed by atoms with E-state index in [1.807, 2.05) is 17.6 Å². The third-order valence-corrected chi connectivity index (χ3v) is 8.24. The summed E-state index contributed by atoms with van der Waals surface area (Å²) in [6.07, 6.45) is 6.61. The van der Waals surface area contributed by atoms with Gasteiger partial charge in [0.15, 0.2) is 0 Å². The molecule has 1 atom stereocenters. The lowest BCUT2D eigenvalue weighted by atomic mass is 9.69. The number of carboxylic acids is 1. The molecule has 0 bridgehead atoms. The first-order valence-corrected chi connectivity index (χ1v) is 12.0. The second kappa shape index (κ2) is 7.30. The molecule has 3 aromatic rings. The van der Waals surface area contributed by atoms with Gasteiger partial charge in [-0.1, -0.05) is 6.07 Å². The summed E-state index contributed by atoms with van der Waals surface area (Å²) in [5.74, 6) is -1.10. The molecule has 6 rings (SSSR count). The fourth-order valence-corrected chi connectivity index (χ4v) is 6.49. The van der Waals surface area contributed by atoms with Crippen molar-refractivity contribution in [3.63, 3.8) is 0 Å². The average molecular weight is 450 g/mol. The van der Waals surface area contributed by atoms with Gasteiger partial charge in [-0.2, -0.15) is 0 Å². The molecule has 1 aromatic heterocycles. The van der Waals surface area contributed by atoms with Gasteiger partial charge in [-0.3, -0.25) is 4.79 Å². The lowest BCUT2D eigenvalue weighted by molar-refractivity contribution is -0.143. The van der Waals surface area contributed by atoms with E-state index in [-0.39, 0.29) is 23.3 Å². The largest absolute Gasteiger partial charge is 0.481 e. The quantitative estimate of drug-likeness (QED) is 0.551. The fourth-order valence-electron chi connectivity index (χ4n) is 5.76. The van der Waals surface area contributed by atoms with E-state index in [0.29, 0.717) is 0 Å². The highest BCUT2D eigenvalue weighted by atomic mass is 32.1. The van der Waals surface area contributed by atoms with Crippen molar-refractivity contribution in [3.05, 3.63) is 71.3 Å². The second-order valence-corrected chi connectivity index (χ2v) is 10.3. The molecule has 1 saturated heterocycles. The lowest BCUT2D eigenvalue weighted by Crippen LogP contribution is -2.37. The number of aromatic nitrogens is 1. The summed E-state index contributed by atoms with van der Waals surface area (Å²) < 4.78 is 14.8. The molecule has 1 aliphatic carbocycles. The van der Waals surface area contributed by atoms with Gasteiger partial charge >= 0.3 is 5.97 Å². The first-order valence-electron chi connectivity index (χ1n) is 11.1. The van der Waals surface area contributed by atoms with Crippen LogP contribution in [0.3, 0.4) is 0 Å². The van der Waals surface area contributed by atoms with Crippen LogP contribution in [0.25, 0.3) is 10.2 Å². The number of carboxylic acid groups (broad SMARTS) is 1. The molecule has 3 aliphatic rings. The number of carbonyl (C=O) groups is 1. The van der Waals surface area contributed by atoms with E-state index in [9.17, 15) is 14.3 Å². The minimum absolute atomic E-state index is 0.00136. The van der Waals surface area contributed by atoms with E-state index in [0.717, 1.165) is 54.6 Å². The van der Waals surface area contributed by atoms with Gasteiger partial charge in [-0.05, 0) is 79.5 Å². The highest BCUT2D eigenvalue weighted by Crippen LogP contribution is 2.54. The van der Waals surface area contributed by atoms with E-state index >= 15 is 0 Å². The van der Waals surface area contributed by atoms with Gasteiger partial charge in [0.1, 0.15) is 12.0 Å². The SMILES string of the molecule is O=C(O)C1CCC2(CC1)CC1=CN(c3ccc(F)cc3)C(c3ccc4ncsc4c3)N1C2. The maximum atomic E-state index is 13.6. The molecule has 5 nitrogen and oxygen atoms in total. The van der Waals surface area contributed by atoms with Crippen molar-refractivity contribution < 1.29 is 14.3 Å². The average Bonchev–Trinajstić information content (AvgIpc) is 3.47. The van der Waals surface area contributed by atoms with Crippen molar-refractivity contribution >= 4 is 33.2 Å². The van der Waals surface area contributed by atoms with Crippen molar-refractivity contribution in [2.24, 2.45) is 11.3 Å². The van der Waals surface area contributed by atoms with E-state index in [1.165, 1.54) is 23.4 Å². The van der Waals surface area contributed by atoms with Gasteiger partial charge in [0, 0.05) is 24.1 Å². The number of benzene rings is 2. The van der Waals surface area contributed by atoms with Gasteiger partial charge in [0.05, 0.1) is 21.6 Å². The Labute approximate surface area is 189 Å². The molecule has 2 aromatic carbocycles. The van der Waals surface area contributed by atoms with Crippen LogP contribution in [0, 0.1) is 17.2 Å². The third-order valence-electron chi connectivity index (χ3n) is 7.45. The van der Waals surface area contributed by atoms with E-state index in [1.54, 1.807) is 11.3 Å². The van der Waals surface area contributed by atoms with Gasteiger partial charge < -0.3 is 14.9 Å². The van der Waals surface area contributed by atoms with Crippen molar-refractivity contribution in [1.29, 1.82) is 0 Å². The van der Waals surface area contributed by atoms with Crippen LogP contribution in [-0.4, -0.2) is 27.5 Å². The third kappa shape index (κ3) is 3.18. The van der Waals surface area contributed by atoms with Crippen LogP contribution >= 0.6 is 11.3 Å². The molecule has 164 valence electrons. The summed E-state index contributed by atoms with van der Waals surface area (Å²) in [7, 11) is 0. The zero-order valence-electron chi connectivity index (χ0n) is 17.6. The Hall–Kier alpha value is -2.93. The monoisotopic (exact) mass is 449 g/mol. The Morgan fingerprint density at radius 2 is 1.94 bits per heavy atom. The minimum atomic E-state index is -0.657. The van der Waals surface area contributed by atoms with Crippen LogP contribution in [0.15, 0.2) is 59.9 Å². The van der Waals surface area contributed by atoms with Crippen molar-refractivity contribution in [1.82, 2.24) is 9.88 Å². The van der Waals surface area contributed by atoms with Crippen LogP contribution in [0.2, 0.25) is 0 Å². The first-order chi connectivity index (χ1) is 15.5. The lowest BCUT2D eigenvalue weighted by Gasteiger charge is -2.39. The summed E-state index contributed by atoms with van der Waals surface area (Å²) in [6.45, 7) is 0.925. The predicted octanol–water partition coefficient (Wildman–Crippen LogP) is 5.76. The fraction of sp³-hybridized carbons (Fsp3) is 0.360. The summed E-state index contributed by atoms with van der Waals surface area (Å²) in [4.78, 5) is 20.6. The summed E-state index contributed by atoms with van der Waals surface area (Å²) in [5, 5.41) is 9.41. The summed E-state index contributed by atoms with van der Waals surface area (Å²) >= 11 is 1.64. The van der Waals surface area contributed by atoms with Crippen molar-refractivity contribution in [2.75, 3.05) is 11.4 Å². The first kappa shape index (κ1) is 19.7. The van der Waals surface area contributed by atoms with Crippen LogP contribution in [0.1, 0.15) is 43.8 Å². The molecule has 2 fully saturated rings. The van der Waals surface area contributed by atoms with Gasteiger partial charge in [0.25, 0.3) is 0 Å². The van der Waals surface area contributed by atoms with Crippen molar-refractivity contribution in [3.8, 4) is 0 Å². The summed E-state index contributed by atoms with van der Waals surface area (Å²) in [5.41, 5.74) is 6.47. The van der Waals surface area contributed by atoms with E-state index < -0.39 is 5.97 Å². The maximum Gasteiger partial charge on any atom is 0.306 e. The van der Waals surface area contributed by atoms with Crippen LogP contribution < -0.4 is 4.90 Å². The van der Waals surface area contributed by atoms with E-state index in [2.05, 4.69) is 39.2 Å². The normalized spacial score (nSPS) is 27.2. The Balaban J connectivity index is 1.36. The molecular formula is C25H24FN3O2S. The zero-order valence-corrected chi connectivity index (χ0v) is 18.4. The molecule has 1 unspecified atom stereocenters. The molecule has 0 radical (unpaired) electrons. The molecular weight excluding hydrogens is 425 g/mol. The zero-order chi connectivity index (χ0) is 21.9. The number of hydrogen-bond donors (Lipinski definition) is 1. The number of anilines is 1. The number of rotatable bonds is 3.